The van der Waals surface area contributed by atoms with Crippen molar-refractivity contribution in [2.24, 2.45) is 35.5 Å². The van der Waals surface area contributed by atoms with Gasteiger partial charge in [-0.3, -0.25) is 0 Å². The summed E-state index contributed by atoms with van der Waals surface area (Å²) in [5.41, 5.74) is 52.4. The maximum Gasteiger partial charge on any atom is 0.187 e. The van der Waals surface area contributed by atoms with Crippen LogP contribution in [0.2, 0.25) is 0 Å². The zero-order chi connectivity index (χ0) is 93.5. The SMILES string of the molecule is Cc1ccc(N(c2ccc(-c3ccc4c(c3)C3(CC5CCC3C5)c3ccccc3-4)c(C)c2)c2ccc3c(c2)C(C)(C)c2ccccc2-3)cc1.N#Cc1ccc(N(c2ccc(-c3ccccc3)cc2)c2ccc3c(c2)C2(CC4CCC2C4)c2ccccc2-3)cc1.[C-]#[N+]c1ccc(N(c2ccc(-c3ccc4c(c3)C3(CC5CCC3C5)c3ccccc3-4)c(C)c2)c2ccc3c(c2)C(C)(C)c2ccccc2-3)cc1. The Morgan fingerprint density at radius 3 is 0.906 bits per heavy atom. The number of rotatable bonds is 12. The first-order valence-electron chi connectivity index (χ1n) is 51.0. The van der Waals surface area contributed by atoms with Crippen LogP contribution in [0.1, 0.15) is 183 Å². The van der Waals surface area contributed by atoms with E-state index in [1.165, 1.54) is 233 Å². The molecule has 0 amide bonds. The molecule has 6 saturated carbocycles. The molecule has 9 unspecified atom stereocenters. The minimum atomic E-state index is -0.0925. The van der Waals surface area contributed by atoms with Gasteiger partial charge in [0.05, 0.1) is 18.2 Å². The number of nitriles is 1. The molecule has 28 rings (SSSR count). The van der Waals surface area contributed by atoms with Crippen LogP contribution in [0.15, 0.2) is 376 Å². The van der Waals surface area contributed by atoms with Crippen molar-refractivity contribution < 1.29 is 0 Å². The number of aryl methyl sites for hydroxylation is 3. The van der Waals surface area contributed by atoms with Crippen LogP contribution < -0.4 is 14.7 Å². The van der Waals surface area contributed by atoms with Crippen LogP contribution in [0.25, 0.3) is 93.9 Å². The fourth-order valence-corrected chi connectivity index (χ4v) is 29.3. The molecule has 6 bridgehead atoms. The summed E-state index contributed by atoms with van der Waals surface area (Å²) < 4.78 is 0. The monoisotopic (exact) mass is 1790 g/mol. The summed E-state index contributed by atoms with van der Waals surface area (Å²) in [6.45, 7) is 23.7. The summed E-state index contributed by atoms with van der Waals surface area (Å²) >= 11 is 0. The summed E-state index contributed by atoms with van der Waals surface area (Å²) in [6, 6.07) is 142. The highest BCUT2D eigenvalue weighted by Crippen LogP contribution is 2.70. The molecule has 0 radical (unpaired) electrons. The summed E-state index contributed by atoms with van der Waals surface area (Å²) in [5, 5.41) is 9.44. The Bertz CT molecular complexity index is 7950. The van der Waals surface area contributed by atoms with Gasteiger partial charge in [0.25, 0.3) is 0 Å². The summed E-state index contributed by atoms with van der Waals surface area (Å²) in [5.74, 6) is 4.82. The summed E-state index contributed by atoms with van der Waals surface area (Å²) in [7, 11) is 0. The number of fused-ring (bicyclic) bond motifs is 30. The smallest absolute Gasteiger partial charge is 0.187 e. The van der Waals surface area contributed by atoms with E-state index in [2.05, 4.69) is 426 Å². The first-order chi connectivity index (χ1) is 67.9. The van der Waals surface area contributed by atoms with Gasteiger partial charge in [-0.15, -0.1) is 0 Å². The standard InChI is InChI=1S/C48H40N2.C48H43N.C38H30N2/c1-30-25-36(20-23-38(30)32-14-22-42-40-10-6-8-12-44(40)48(46(42)27-32)29-31-13-15-33(48)26-31)50(35-18-16-34(49-4)17-19-35)37-21-24-41-39-9-5-7-11-43(39)47(2,3)45(41)28-37;1-30-13-18-35(19-14-30)49(37-21-24-41-39-9-5-7-11-43(39)47(3,4)45(41)28-37)36-20-23-38(31(2)25-36)33-16-22-42-40-10-6-8-12-44(40)48(46(42)27-33)29-32-15-17-34(48)26-32;39-25-26-11-16-31(17-12-26)40(32-18-13-29(14-19-32)28-6-2-1-3-7-28)33-20-21-35-34-8-4-5-9-36(34)38(37(35)23-33)24-27-10-15-30(38)22-27/h5-12,14,16-25,27-28,31,33H,13,15,26,29H2,1-3H3;5-14,16,18-25,27-28,32,34H,15,17,26,29H2,1-4H3;1-9,11-14,16-21,23,27,30H,10,15,22,24H2. The van der Waals surface area contributed by atoms with Gasteiger partial charge in [0.1, 0.15) is 0 Å². The highest BCUT2D eigenvalue weighted by molar-refractivity contribution is 5.94. The predicted octanol–water partition coefficient (Wildman–Crippen LogP) is 35.7. The van der Waals surface area contributed by atoms with Crippen molar-refractivity contribution in [3.63, 3.8) is 0 Å². The van der Waals surface area contributed by atoms with Crippen LogP contribution in [0.5, 0.6) is 0 Å². The van der Waals surface area contributed by atoms with Gasteiger partial charge in [0.15, 0.2) is 5.69 Å². The highest BCUT2D eigenvalue weighted by atomic mass is 15.2. The molecule has 139 heavy (non-hydrogen) atoms. The average Bonchev–Trinajstić information content (AvgIpc) is 1.53. The molecule has 6 fully saturated rings. The minimum Gasteiger partial charge on any atom is -0.311 e. The zero-order valence-electron chi connectivity index (χ0n) is 80.5. The van der Waals surface area contributed by atoms with E-state index in [0.717, 1.165) is 63.9 Å². The van der Waals surface area contributed by atoms with E-state index in [1.54, 1.807) is 27.8 Å². The molecule has 5 heteroatoms. The molecule has 9 atom stereocenters. The van der Waals surface area contributed by atoms with E-state index in [1.807, 2.05) is 24.3 Å². The Hall–Kier alpha value is -14.9. The van der Waals surface area contributed by atoms with Crippen LogP contribution in [-0.4, -0.2) is 0 Å². The Morgan fingerprint density at radius 1 is 0.259 bits per heavy atom. The molecule has 11 aliphatic rings. The van der Waals surface area contributed by atoms with E-state index >= 15 is 0 Å². The molecular formula is C134H113N5. The van der Waals surface area contributed by atoms with Crippen molar-refractivity contribution in [2.45, 2.75) is 153 Å². The Balaban J connectivity index is 0.000000108. The van der Waals surface area contributed by atoms with Crippen molar-refractivity contribution in [2.75, 3.05) is 14.7 Å². The molecule has 3 spiro atoms. The summed E-state index contributed by atoms with van der Waals surface area (Å²) in [6.07, 6.45) is 16.3. The van der Waals surface area contributed by atoms with Gasteiger partial charge in [0, 0.05) is 78.3 Å². The van der Waals surface area contributed by atoms with Gasteiger partial charge in [-0.1, -0.05) is 295 Å². The van der Waals surface area contributed by atoms with Crippen molar-refractivity contribution >= 4 is 56.9 Å². The molecule has 11 aliphatic carbocycles. The van der Waals surface area contributed by atoms with Gasteiger partial charge in [-0.2, -0.15) is 5.26 Å². The van der Waals surface area contributed by atoms with Crippen molar-refractivity contribution in [1.82, 2.24) is 0 Å². The second-order valence-electron chi connectivity index (χ2n) is 43.4. The second kappa shape index (κ2) is 32.4. The van der Waals surface area contributed by atoms with Gasteiger partial charge in [-0.05, 0) is 403 Å². The van der Waals surface area contributed by atoms with Gasteiger partial charge in [0.2, 0.25) is 0 Å². The Labute approximate surface area is 819 Å². The largest absolute Gasteiger partial charge is 0.311 e. The number of hydrogen-bond acceptors (Lipinski definition) is 4. The maximum atomic E-state index is 9.44. The lowest BCUT2D eigenvalue weighted by molar-refractivity contribution is 0.327. The topological polar surface area (TPSA) is 37.9 Å². The zero-order valence-corrected chi connectivity index (χ0v) is 80.5. The molecule has 0 heterocycles. The van der Waals surface area contributed by atoms with Gasteiger partial charge < -0.3 is 14.7 Å². The lowest BCUT2D eigenvalue weighted by Crippen LogP contribution is -2.32. The Morgan fingerprint density at radius 2 is 0.540 bits per heavy atom. The van der Waals surface area contributed by atoms with E-state index in [-0.39, 0.29) is 27.1 Å². The third-order valence-electron chi connectivity index (χ3n) is 35.6. The van der Waals surface area contributed by atoms with E-state index in [9.17, 15) is 5.26 Å². The number of anilines is 9. The Kier molecular flexibility index (Phi) is 19.7. The van der Waals surface area contributed by atoms with Crippen molar-refractivity contribution in [3.05, 3.63) is 465 Å². The van der Waals surface area contributed by atoms with Gasteiger partial charge >= 0.3 is 0 Å². The minimum absolute atomic E-state index is 0.0515. The molecule has 674 valence electrons. The number of nitrogens with zero attached hydrogens (tertiary/aromatic N) is 5. The average molecular weight is 1790 g/mol. The quantitative estimate of drug-likeness (QED) is 0.114. The lowest BCUT2D eigenvalue weighted by Gasteiger charge is -2.37. The van der Waals surface area contributed by atoms with E-state index in [0.29, 0.717) is 11.3 Å². The number of hydrogen-bond donors (Lipinski definition) is 0. The predicted molar refractivity (Wildman–Crippen MR) is 575 cm³/mol. The number of benzene rings is 17. The van der Waals surface area contributed by atoms with Gasteiger partial charge in [-0.25, -0.2) is 4.85 Å². The first kappa shape index (κ1) is 84.6. The third-order valence-corrected chi connectivity index (χ3v) is 35.6. The fraction of sp³-hybridized carbons (Fsp3) is 0.224. The second-order valence-corrected chi connectivity index (χ2v) is 43.4. The van der Waals surface area contributed by atoms with E-state index < -0.39 is 0 Å². The van der Waals surface area contributed by atoms with Crippen molar-refractivity contribution in [3.8, 4) is 95.1 Å². The highest BCUT2D eigenvalue weighted by Gasteiger charge is 2.60. The summed E-state index contributed by atoms with van der Waals surface area (Å²) in [4.78, 5) is 10.8. The van der Waals surface area contributed by atoms with Crippen LogP contribution in [0, 0.1) is 74.2 Å². The molecular weight excluding hydrogens is 1680 g/mol. The molecule has 0 N–H and O–H groups in total. The fourth-order valence-electron chi connectivity index (χ4n) is 29.3. The van der Waals surface area contributed by atoms with Crippen LogP contribution >= 0.6 is 0 Å². The lowest BCUT2D eigenvalue weighted by atomic mass is 9.66. The van der Waals surface area contributed by atoms with Crippen LogP contribution in [0.3, 0.4) is 0 Å². The molecule has 0 saturated heterocycles. The maximum absolute atomic E-state index is 9.44. The van der Waals surface area contributed by atoms with Crippen molar-refractivity contribution in [1.29, 1.82) is 5.26 Å². The molecule has 17 aromatic rings. The molecule has 17 aromatic carbocycles. The molecule has 0 aliphatic heterocycles. The first-order valence-corrected chi connectivity index (χ1v) is 51.0. The van der Waals surface area contributed by atoms with E-state index in [4.69, 9.17) is 6.57 Å². The van der Waals surface area contributed by atoms with Crippen LogP contribution in [-0.2, 0) is 27.1 Å². The molecule has 0 aromatic heterocycles. The molecule has 5 nitrogen and oxygen atoms in total. The van der Waals surface area contributed by atoms with Crippen LogP contribution in [0.4, 0.5) is 56.9 Å². The normalized spacial score (nSPS) is 21.6. The third kappa shape index (κ3) is 13.1.